The van der Waals surface area contributed by atoms with Gasteiger partial charge in [0.15, 0.2) is 11.6 Å². The Morgan fingerprint density at radius 1 is 1.16 bits per heavy atom. The van der Waals surface area contributed by atoms with E-state index in [4.69, 9.17) is 0 Å². The molecule has 1 fully saturated rings. The molecule has 0 radical (unpaired) electrons. The van der Waals surface area contributed by atoms with Crippen molar-refractivity contribution in [3.63, 3.8) is 0 Å². The van der Waals surface area contributed by atoms with E-state index >= 15 is 0 Å². The molecule has 1 aliphatic heterocycles. The van der Waals surface area contributed by atoms with Crippen LogP contribution in [0.4, 0.5) is 13.2 Å². The Morgan fingerprint density at radius 2 is 1.74 bits per heavy atom. The number of benzene rings is 1. The Bertz CT molecular complexity index is 428. The summed E-state index contributed by atoms with van der Waals surface area (Å²) in [6.45, 7) is 2.02. The van der Waals surface area contributed by atoms with Crippen LogP contribution in [-0.2, 0) is 0 Å². The van der Waals surface area contributed by atoms with Crippen LogP contribution in [0.5, 0.6) is 0 Å². The average molecular weight is 297 g/mol. The lowest BCUT2D eigenvalue weighted by Gasteiger charge is -2.34. The van der Waals surface area contributed by atoms with Crippen molar-refractivity contribution in [2.45, 2.75) is 6.04 Å². The van der Waals surface area contributed by atoms with Gasteiger partial charge in [-0.05, 0) is 12.1 Å². The molecule has 2 N–H and O–H groups in total. The van der Waals surface area contributed by atoms with Gasteiger partial charge in [-0.25, -0.2) is 13.2 Å². The first-order valence-corrected chi connectivity index (χ1v) is 5.84. The second kappa shape index (κ2) is 7.09. The Hall–Kier alpha value is -0.820. The molecule has 0 aromatic heterocycles. The maximum absolute atomic E-state index is 13.7. The van der Waals surface area contributed by atoms with Crippen LogP contribution in [0, 0.1) is 17.5 Å². The van der Waals surface area contributed by atoms with Crippen LogP contribution in [0.15, 0.2) is 12.1 Å². The highest BCUT2D eigenvalue weighted by molar-refractivity contribution is 5.85. The number of aliphatic hydroxyl groups is 1. The number of hydrogen-bond donors (Lipinski definition) is 2. The van der Waals surface area contributed by atoms with Crippen molar-refractivity contribution in [3.05, 3.63) is 35.1 Å². The van der Waals surface area contributed by atoms with Crippen LogP contribution in [0.1, 0.15) is 11.6 Å². The molecule has 19 heavy (non-hydrogen) atoms. The average Bonchev–Trinajstić information content (AvgIpc) is 2.40. The number of nitrogens with zero attached hydrogens (tertiary/aromatic N) is 1. The monoisotopic (exact) mass is 296 g/mol. The Morgan fingerprint density at radius 3 is 2.32 bits per heavy atom. The first-order valence-electron chi connectivity index (χ1n) is 5.84. The van der Waals surface area contributed by atoms with Crippen molar-refractivity contribution in [1.29, 1.82) is 0 Å². The molecule has 1 aromatic rings. The molecular formula is C12H16ClF3N2O. The summed E-state index contributed by atoms with van der Waals surface area (Å²) >= 11 is 0. The minimum atomic E-state index is -1.22. The minimum Gasteiger partial charge on any atom is -0.394 e. The molecule has 0 aliphatic carbocycles. The van der Waals surface area contributed by atoms with Crippen LogP contribution < -0.4 is 5.32 Å². The lowest BCUT2D eigenvalue weighted by atomic mass is 10.0. The van der Waals surface area contributed by atoms with Gasteiger partial charge in [-0.3, -0.25) is 4.90 Å². The highest BCUT2D eigenvalue weighted by Gasteiger charge is 2.28. The standard InChI is InChI=1S/C12H15F3N2O.ClH/c13-8-1-2-9(14)12(15)11(8)10(7-18)17-5-3-16-4-6-17;/h1-2,10,16,18H,3-7H2;1H/t10-;/m1./s1. The maximum Gasteiger partial charge on any atom is 0.166 e. The number of aliphatic hydroxyl groups excluding tert-OH is 1. The summed E-state index contributed by atoms with van der Waals surface area (Å²) in [4.78, 5) is 1.75. The molecule has 7 heteroatoms. The van der Waals surface area contributed by atoms with Gasteiger partial charge in [0.1, 0.15) is 5.82 Å². The molecule has 1 heterocycles. The Balaban J connectivity index is 0.00000180. The summed E-state index contributed by atoms with van der Waals surface area (Å²) in [7, 11) is 0. The molecule has 1 atom stereocenters. The first kappa shape index (κ1) is 16.2. The smallest absolute Gasteiger partial charge is 0.166 e. The number of piperazine rings is 1. The molecular weight excluding hydrogens is 281 g/mol. The highest BCUT2D eigenvalue weighted by atomic mass is 35.5. The van der Waals surface area contributed by atoms with Crippen molar-refractivity contribution >= 4 is 12.4 Å². The van der Waals surface area contributed by atoms with E-state index in [0.29, 0.717) is 26.2 Å². The summed E-state index contributed by atoms with van der Waals surface area (Å²) in [5, 5.41) is 12.5. The summed E-state index contributed by atoms with van der Waals surface area (Å²) in [6.07, 6.45) is 0. The predicted molar refractivity (Wildman–Crippen MR) is 67.8 cm³/mol. The summed E-state index contributed by atoms with van der Waals surface area (Å²) in [5.41, 5.74) is -0.389. The topological polar surface area (TPSA) is 35.5 Å². The van der Waals surface area contributed by atoms with E-state index in [1.165, 1.54) is 0 Å². The number of rotatable bonds is 3. The molecule has 0 spiro atoms. The van der Waals surface area contributed by atoms with Gasteiger partial charge in [-0.2, -0.15) is 0 Å². The lowest BCUT2D eigenvalue weighted by molar-refractivity contribution is 0.105. The van der Waals surface area contributed by atoms with Gasteiger partial charge in [0.05, 0.1) is 12.6 Å². The van der Waals surface area contributed by atoms with Gasteiger partial charge >= 0.3 is 0 Å². The van der Waals surface area contributed by atoms with Crippen LogP contribution in [-0.4, -0.2) is 42.8 Å². The Kier molecular flexibility index (Phi) is 6.06. The molecule has 0 unspecified atom stereocenters. The fourth-order valence-corrected chi connectivity index (χ4v) is 2.23. The van der Waals surface area contributed by atoms with Gasteiger partial charge in [-0.1, -0.05) is 0 Å². The third-order valence-electron chi connectivity index (χ3n) is 3.18. The van der Waals surface area contributed by atoms with Crippen LogP contribution in [0.3, 0.4) is 0 Å². The van der Waals surface area contributed by atoms with Gasteiger partial charge in [-0.15, -0.1) is 12.4 Å². The maximum atomic E-state index is 13.7. The van der Waals surface area contributed by atoms with Gasteiger partial charge in [0, 0.05) is 31.7 Å². The molecule has 2 rings (SSSR count). The predicted octanol–water partition coefficient (Wildman–Crippen LogP) is 1.46. The van der Waals surface area contributed by atoms with Crippen LogP contribution in [0.25, 0.3) is 0 Å². The summed E-state index contributed by atoms with van der Waals surface area (Å²) in [5.74, 6) is -3.14. The molecule has 0 saturated carbocycles. The zero-order valence-electron chi connectivity index (χ0n) is 10.2. The number of nitrogens with one attached hydrogen (secondary N) is 1. The lowest BCUT2D eigenvalue weighted by Crippen LogP contribution is -2.46. The van der Waals surface area contributed by atoms with Crippen LogP contribution >= 0.6 is 12.4 Å². The van der Waals surface area contributed by atoms with E-state index in [1.54, 1.807) is 4.90 Å². The van der Waals surface area contributed by atoms with Crippen LogP contribution in [0.2, 0.25) is 0 Å². The molecule has 3 nitrogen and oxygen atoms in total. The van der Waals surface area contributed by atoms with E-state index in [1.807, 2.05) is 0 Å². The van der Waals surface area contributed by atoms with Crippen molar-refractivity contribution in [2.24, 2.45) is 0 Å². The first-order chi connectivity index (χ1) is 8.65. The molecule has 0 amide bonds. The largest absolute Gasteiger partial charge is 0.394 e. The van der Waals surface area contributed by atoms with Gasteiger partial charge in [0.2, 0.25) is 0 Å². The van der Waals surface area contributed by atoms with Crippen molar-refractivity contribution in [1.82, 2.24) is 10.2 Å². The van der Waals surface area contributed by atoms with Gasteiger partial charge in [0.25, 0.3) is 0 Å². The van der Waals surface area contributed by atoms with E-state index in [-0.39, 0.29) is 18.0 Å². The molecule has 1 saturated heterocycles. The number of hydrogen-bond acceptors (Lipinski definition) is 3. The van der Waals surface area contributed by atoms with Crippen molar-refractivity contribution in [2.75, 3.05) is 32.8 Å². The van der Waals surface area contributed by atoms with Crippen molar-refractivity contribution < 1.29 is 18.3 Å². The summed E-state index contributed by atoms with van der Waals surface area (Å²) in [6, 6.07) is 0.793. The SMILES string of the molecule is Cl.OC[C@H](c1c(F)ccc(F)c1F)N1CCNCC1. The van der Waals surface area contributed by atoms with E-state index in [2.05, 4.69) is 5.32 Å². The second-order valence-electron chi connectivity index (χ2n) is 4.24. The van der Waals surface area contributed by atoms with Crippen molar-refractivity contribution in [3.8, 4) is 0 Å². The van der Waals surface area contributed by atoms with E-state index in [9.17, 15) is 18.3 Å². The second-order valence-corrected chi connectivity index (χ2v) is 4.24. The zero-order valence-corrected chi connectivity index (χ0v) is 11.0. The summed E-state index contributed by atoms with van der Waals surface area (Å²) < 4.78 is 40.5. The van der Waals surface area contributed by atoms with E-state index in [0.717, 1.165) is 12.1 Å². The quantitative estimate of drug-likeness (QED) is 0.829. The van der Waals surface area contributed by atoms with E-state index < -0.39 is 30.1 Å². The molecule has 1 aliphatic rings. The Labute approximate surface area is 115 Å². The zero-order chi connectivity index (χ0) is 13.1. The normalized spacial score (nSPS) is 17.9. The van der Waals surface area contributed by atoms with Gasteiger partial charge < -0.3 is 10.4 Å². The molecule has 108 valence electrons. The molecule has 1 aromatic carbocycles. The fraction of sp³-hybridized carbons (Fsp3) is 0.500. The molecule has 0 bridgehead atoms. The highest BCUT2D eigenvalue weighted by Crippen LogP contribution is 2.27. The third-order valence-corrected chi connectivity index (χ3v) is 3.18. The minimum absolute atomic E-state index is 0. The fourth-order valence-electron chi connectivity index (χ4n) is 2.23. The number of halogens is 4. The third kappa shape index (κ3) is 3.39.